The predicted molar refractivity (Wildman–Crippen MR) is 82.8 cm³/mol. The van der Waals surface area contributed by atoms with E-state index in [1.807, 2.05) is 0 Å². The molecule has 116 valence electrons. The number of aryl methyl sites for hydroxylation is 2. The molecule has 0 spiro atoms. The SMILES string of the molecule is Cc1ccc(C)c(OCCCN2CCCC(C(=O)O)C2)c1. The van der Waals surface area contributed by atoms with Gasteiger partial charge in [0.1, 0.15) is 5.75 Å². The molecule has 1 saturated heterocycles. The van der Waals surface area contributed by atoms with Crippen molar-refractivity contribution in [2.75, 3.05) is 26.2 Å². The zero-order valence-electron chi connectivity index (χ0n) is 13.0. The Morgan fingerprint density at radius 1 is 1.43 bits per heavy atom. The maximum Gasteiger partial charge on any atom is 0.307 e. The molecule has 21 heavy (non-hydrogen) atoms. The van der Waals surface area contributed by atoms with E-state index in [1.165, 1.54) is 5.56 Å². The van der Waals surface area contributed by atoms with Crippen LogP contribution in [-0.2, 0) is 4.79 Å². The van der Waals surface area contributed by atoms with Crippen LogP contribution in [0.25, 0.3) is 0 Å². The summed E-state index contributed by atoms with van der Waals surface area (Å²) in [6.45, 7) is 7.39. The standard InChI is InChI=1S/C17H25NO3/c1-13-6-7-14(2)16(11-13)21-10-4-9-18-8-3-5-15(12-18)17(19)20/h6-7,11,15H,3-5,8-10,12H2,1-2H3,(H,19,20). The topological polar surface area (TPSA) is 49.8 Å². The summed E-state index contributed by atoms with van der Waals surface area (Å²) in [5.41, 5.74) is 2.36. The van der Waals surface area contributed by atoms with Crippen LogP contribution in [0.15, 0.2) is 18.2 Å². The fraction of sp³-hybridized carbons (Fsp3) is 0.588. The molecule has 0 saturated carbocycles. The molecule has 1 aromatic rings. The number of carboxylic acid groups (broad SMARTS) is 1. The molecule has 1 atom stereocenters. The highest BCUT2D eigenvalue weighted by Crippen LogP contribution is 2.20. The highest BCUT2D eigenvalue weighted by atomic mass is 16.5. The van der Waals surface area contributed by atoms with Crippen molar-refractivity contribution in [2.45, 2.75) is 33.1 Å². The van der Waals surface area contributed by atoms with Crippen LogP contribution < -0.4 is 4.74 Å². The van der Waals surface area contributed by atoms with Gasteiger partial charge in [-0.1, -0.05) is 12.1 Å². The normalized spacial score (nSPS) is 19.4. The van der Waals surface area contributed by atoms with Gasteiger partial charge in [0.05, 0.1) is 12.5 Å². The molecule has 1 unspecified atom stereocenters. The second-order valence-electron chi connectivity index (χ2n) is 5.95. The summed E-state index contributed by atoms with van der Waals surface area (Å²) in [4.78, 5) is 13.3. The number of aliphatic carboxylic acids is 1. The van der Waals surface area contributed by atoms with Crippen LogP contribution in [0.1, 0.15) is 30.4 Å². The minimum absolute atomic E-state index is 0.196. The van der Waals surface area contributed by atoms with Crippen molar-refractivity contribution >= 4 is 5.97 Å². The Labute approximate surface area is 126 Å². The monoisotopic (exact) mass is 291 g/mol. The van der Waals surface area contributed by atoms with E-state index in [-0.39, 0.29) is 5.92 Å². The summed E-state index contributed by atoms with van der Waals surface area (Å²) < 4.78 is 5.84. The van der Waals surface area contributed by atoms with Crippen molar-refractivity contribution in [1.29, 1.82) is 0 Å². The van der Waals surface area contributed by atoms with Crippen molar-refractivity contribution in [3.05, 3.63) is 29.3 Å². The molecule has 2 rings (SSSR count). The smallest absolute Gasteiger partial charge is 0.307 e. The Balaban J connectivity index is 1.72. The number of likely N-dealkylation sites (tertiary alicyclic amines) is 1. The predicted octanol–water partition coefficient (Wildman–Crippen LogP) is 2.87. The number of carboxylic acids is 1. The van der Waals surface area contributed by atoms with Gasteiger partial charge in [0.25, 0.3) is 0 Å². The molecule has 1 aromatic carbocycles. The Morgan fingerprint density at radius 3 is 3.00 bits per heavy atom. The number of hydrogen-bond donors (Lipinski definition) is 1. The first kappa shape index (κ1) is 15.8. The molecule has 4 nitrogen and oxygen atoms in total. The van der Waals surface area contributed by atoms with Crippen LogP contribution >= 0.6 is 0 Å². The second kappa shape index (κ2) is 7.46. The molecule has 0 aromatic heterocycles. The molecule has 0 aliphatic carbocycles. The van der Waals surface area contributed by atoms with Crippen LogP contribution in [0, 0.1) is 19.8 Å². The lowest BCUT2D eigenvalue weighted by Crippen LogP contribution is -2.39. The van der Waals surface area contributed by atoms with Crippen LogP contribution in [0.2, 0.25) is 0 Å². The Hall–Kier alpha value is -1.55. The molecule has 0 radical (unpaired) electrons. The average molecular weight is 291 g/mol. The molecule has 1 aliphatic rings. The maximum atomic E-state index is 11.0. The van der Waals surface area contributed by atoms with Gasteiger partial charge in [0.15, 0.2) is 0 Å². The molecule has 1 N–H and O–H groups in total. The van der Waals surface area contributed by atoms with Gasteiger partial charge in [0.2, 0.25) is 0 Å². The van der Waals surface area contributed by atoms with Gasteiger partial charge in [-0.2, -0.15) is 0 Å². The largest absolute Gasteiger partial charge is 0.493 e. The molecule has 1 heterocycles. The summed E-state index contributed by atoms with van der Waals surface area (Å²) in [5, 5.41) is 9.08. The number of carbonyl (C=O) groups is 1. The van der Waals surface area contributed by atoms with Crippen molar-refractivity contribution in [2.24, 2.45) is 5.92 Å². The molecule has 0 bridgehead atoms. The summed E-state index contributed by atoms with van der Waals surface area (Å²) in [7, 11) is 0. The zero-order valence-corrected chi connectivity index (χ0v) is 13.0. The van der Waals surface area contributed by atoms with Gasteiger partial charge in [-0.05, 0) is 56.8 Å². The zero-order chi connectivity index (χ0) is 15.2. The van der Waals surface area contributed by atoms with Crippen molar-refractivity contribution in [1.82, 2.24) is 4.90 Å². The second-order valence-corrected chi connectivity index (χ2v) is 5.95. The van der Waals surface area contributed by atoms with E-state index in [4.69, 9.17) is 9.84 Å². The number of rotatable bonds is 6. The van der Waals surface area contributed by atoms with Gasteiger partial charge in [-0.15, -0.1) is 0 Å². The Morgan fingerprint density at radius 2 is 2.24 bits per heavy atom. The number of piperidine rings is 1. The minimum Gasteiger partial charge on any atom is -0.493 e. The molecular formula is C17H25NO3. The van der Waals surface area contributed by atoms with Crippen molar-refractivity contribution < 1.29 is 14.6 Å². The number of benzene rings is 1. The van der Waals surface area contributed by atoms with Crippen LogP contribution in [0.4, 0.5) is 0 Å². The molecule has 1 fully saturated rings. The Bertz CT molecular complexity index is 487. The third-order valence-electron chi connectivity index (χ3n) is 4.07. The number of nitrogens with zero attached hydrogens (tertiary/aromatic N) is 1. The van der Waals surface area contributed by atoms with Crippen molar-refractivity contribution in [3.63, 3.8) is 0 Å². The lowest BCUT2D eigenvalue weighted by molar-refractivity contribution is -0.143. The maximum absolute atomic E-state index is 11.0. The number of hydrogen-bond acceptors (Lipinski definition) is 3. The Kier molecular flexibility index (Phi) is 5.62. The van der Waals surface area contributed by atoms with Crippen LogP contribution in [0.3, 0.4) is 0 Å². The van der Waals surface area contributed by atoms with E-state index in [0.29, 0.717) is 13.2 Å². The van der Waals surface area contributed by atoms with E-state index in [2.05, 4.69) is 36.9 Å². The molecule has 4 heteroatoms. The summed E-state index contributed by atoms with van der Waals surface area (Å²) in [5.74, 6) is 0.0991. The summed E-state index contributed by atoms with van der Waals surface area (Å²) >= 11 is 0. The van der Waals surface area contributed by atoms with Crippen LogP contribution in [0.5, 0.6) is 5.75 Å². The number of ether oxygens (including phenoxy) is 1. The van der Waals surface area contributed by atoms with Gasteiger partial charge in [-0.3, -0.25) is 4.79 Å². The average Bonchev–Trinajstić information content (AvgIpc) is 2.47. The van der Waals surface area contributed by atoms with E-state index < -0.39 is 5.97 Å². The third kappa shape index (κ3) is 4.74. The lowest BCUT2D eigenvalue weighted by atomic mass is 9.98. The first-order valence-electron chi connectivity index (χ1n) is 7.71. The highest BCUT2D eigenvalue weighted by Gasteiger charge is 2.24. The fourth-order valence-corrected chi connectivity index (χ4v) is 2.79. The van der Waals surface area contributed by atoms with Gasteiger partial charge < -0.3 is 14.7 Å². The summed E-state index contributed by atoms with van der Waals surface area (Å²) in [6.07, 6.45) is 2.72. The van der Waals surface area contributed by atoms with E-state index in [0.717, 1.165) is 43.7 Å². The van der Waals surface area contributed by atoms with E-state index in [9.17, 15) is 4.79 Å². The minimum atomic E-state index is -0.661. The van der Waals surface area contributed by atoms with E-state index in [1.54, 1.807) is 0 Å². The summed E-state index contributed by atoms with van der Waals surface area (Å²) in [6, 6.07) is 6.23. The first-order valence-corrected chi connectivity index (χ1v) is 7.71. The fourth-order valence-electron chi connectivity index (χ4n) is 2.79. The lowest BCUT2D eigenvalue weighted by Gasteiger charge is -2.30. The van der Waals surface area contributed by atoms with Gasteiger partial charge >= 0.3 is 5.97 Å². The van der Waals surface area contributed by atoms with Gasteiger partial charge in [0, 0.05) is 13.1 Å². The van der Waals surface area contributed by atoms with Crippen molar-refractivity contribution in [3.8, 4) is 5.75 Å². The van der Waals surface area contributed by atoms with Gasteiger partial charge in [-0.25, -0.2) is 0 Å². The highest BCUT2D eigenvalue weighted by molar-refractivity contribution is 5.70. The first-order chi connectivity index (χ1) is 10.1. The molecular weight excluding hydrogens is 266 g/mol. The van der Waals surface area contributed by atoms with E-state index >= 15 is 0 Å². The molecule has 0 amide bonds. The quantitative estimate of drug-likeness (QED) is 0.819. The molecule has 1 aliphatic heterocycles. The van der Waals surface area contributed by atoms with Crippen LogP contribution in [-0.4, -0.2) is 42.2 Å². The third-order valence-corrected chi connectivity index (χ3v) is 4.07.